The van der Waals surface area contributed by atoms with E-state index in [0.717, 1.165) is 5.30 Å². The second-order valence-corrected chi connectivity index (χ2v) is 10.6. The Balaban J connectivity index is 0.00000210. The molecule has 3 aromatic carbocycles. The third-order valence-corrected chi connectivity index (χ3v) is 7.81. The maximum atomic E-state index is 11.4. The number of hydrogen-bond donors (Lipinski definition) is 0. The molecule has 29 heavy (non-hydrogen) atoms. The van der Waals surface area contributed by atoms with Crippen LogP contribution in [-0.4, -0.2) is 25.9 Å². The zero-order chi connectivity index (χ0) is 19.7. The van der Waals surface area contributed by atoms with Crippen LogP contribution in [0.15, 0.2) is 88.7 Å². The third kappa shape index (κ3) is 6.95. The first-order valence-corrected chi connectivity index (χ1v) is 11.8. The van der Waals surface area contributed by atoms with Crippen LogP contribution in [0.25, 0.3) is 0 Å². The maximum absolute atomic E-state index is 11.4. The van der Waals surface area contributed by atoms with E-state index >= 15 is 0 Å². The van der Waals surface area contributed by atoms with Crippen LogP contribution in [0.1, 0.15) is 0 Å². The Morgan fingerprint density at radius 1 is 0.552 bits per heavy atom. The molecule has 11 heteroatoms. The monoisotopic (exact) mass is 466 g/mol. The van der Waals surface area contributed by atoms with Gasteiger partial charge in [-0.2, -0.15) is 0 Å². The molecule has 0 saturated heterocycles. The van der Waals surface area contributed by atoms with Crippen LogP contribution in [0.3, 0.4) is 0 Å². The molecule has 0 aliphatic carbocycles. The van der Waals surface area contributed by atoms with E-state index < -0.39 is 28.2 Å². The fourth-order valence-corrected chi connectivity index (χ4v) is 6.16. The summed E-state index contributed by atoms with van der Waals surface area (Å²) in [7, 11) is -10.7. The van der Waals surface area contributed by atoms with Crippen molar-refractivity contribution >= 4 is 44.1 Å². The van der Waals surface area contributed by atoms with Crippen molar-refractivity contribution in [3.8, 4) is 0 Å². The van der Waals surface area contributed by atoms with Crippen LogP contribution in [0.5, 0.6) is 0 Å². The molecule has 0 fully saturated rings. The van der Waals surface area contributed by atoms with E-state index in [-0.39, 0.29) is 68.9 Å². The molecule has 6 nitrogen and oxygen atoms in total. The molecular weight excluding hydrogens is 453 g/mol. The van der Waals surface area contributed by atoms with Crippen molar-refractivity contribution in [2.24, 2.45) is 0 Å². The van der Waals surface area contributed by atoms with Crippen LogP contribution >= 0.6 is 7.92 Å². The van der Waals surface area contributed by atoms with Crippen molar-refractivity contribution in [1.29, 1.82) is 0 Å². The number of benzene rings is 3. The normalized spacial score (nSPS) is 11.4. The van der Waals surface area contributed by atoms with Crippen LogP contribution in [0.4, 0.5) is 0 Å². The average molecular weight is 466 g/mol. The second-order valence-electron chi connectivity index (χ2n) is 5.57. The standard InChI is InChI=1S/C18H15O6PS2.2Na/c19-26(20,21)17-10-4-8-15(12-17)25(14-6-2-1-3-7-14)16-9-5-11-18(13-16)27(22,23)24;;/h1-13H,(H,19,20,21)(H,22,23,24);;/q;2*+1/p-2. The van der Waals surface area contributed by atoms with Gasteiger partial charge in [-0.05, 0) is 48.1 Å². The Morgan fingerprint density at radius 2 is 0.931 bits per heavy atom. The summed E-state index contributed by atoms with van der Waals surface area (Å²) < 4.78 is 68.4. The van der Waals surface area contributed by atoms with Crippen LogP contribution < -0.4 is 75.0 Å². The Kier molecular flexibility index (Phi) is 10.2. The molecule has 140 valence electrons. The smallest absolute Gasteiger partial charge is 0.744 e. The Hall–Kier alpha value is -0.0900. The molecule has 0 aliphatic rings. The SMILES string of the molecule is O=S(=O)([O-])c1cccc(P(c2ccccc2)c2cccc(S(=O)(=O)[O-])c2)c1.[Na+].[Na+]. The van der Waals surface area contributed by atoms with E-state index in [2.05, 4.69) is 0 Å². The van der Waals surface area contributed by atoms with Crippen LogP contribution in [0, 0.1) is 0 Å². The molecule has 0 radical (unpaired) electrons. The molecule has 0 spiro atoms. The van der Waals surface area contributed by atoms with Crippen molar-refractivity contribution in [2.75, 3.05) is 0 Å². The summed E-state index contributed by atoms with van der Waals surface area (Å²) in [6.07, 6.45) is 0. The van der Waals surface area contributed by atoms with Gasteiger partial charge in [0.2, 0.25) is 0 Å². The molecule has 0 atom stereocenters. The molecule has 3 aromatic rings. The second kappa shape index (κ2) is 11.0. The van der Waals surface area contributed by atoms with Gasteiger partial charge in [0, 0.05) is 0 Å². The first-order valence-electron chi connectivity index (χ1n) is 7.63. The molecule has 0 bridgehead atoms. The van der Waals surface area contributed by atoms with Gasteiger partial charge >= 0.3 is 59.1 Å². The van der Waals surface area contributed by atoms with Crippen molar-refractivity contribution < 1.29 is 85.1 Å². The van der Waals surface area contributed by atoms with Gasteiger partial charge in [0.1, 0.15) is 20.2 Å². The molecule has 0 saturated carbocycles. The van der Waals surface area contributed by atoms with Gasteiger partial charge in [0.25, 0.3) is 0 Å². The van der Waals surface area contributed by atoms with Crippen molar-refractivity contribution in [3.63, 3.8) is 0 Å². The summed E-state index contributed by atoms with van der Waals surface area (Å²) in [6.45, 7) is 0. The predicted molar refractivity (Wildman–Crippen MR) is 101 cm³/mol. The number of rotatable bonds is 5. The number of hydrogen-bond acceptors (Lipinski definition) is 6. The molecule has 0 aliphatic heterocycles. The van der Waals surface area contributed by atoms with Crippen LogP contribution in [0.2, 0.25) is 0 Å². The molecule has 3 rings (SSSR count). The van der Waals surface area contributed by atoms with Gasteiger partial charge in [-0.15, -0.1) is 0 Å². The van der Waals surface area contributed by atoms with Gasteiger partial charge in [-0.25, -0.2) is 16.8 Å². The predicted octanol–water partition coefficient (Wildman–Crippen LogP) is -4.74. The molecule has 0 unspecified atom stereocenters. The van der Waals surface area contributed by atoms with E-state index in [1.54, 1.807) is 24.3 Å². The summed E-state index contributed by atoms with van der Waals surface area (Å²) in [5.41, 5.74) is 0. The topological polar surface area (TPSA) is 114 Å². The minimum absolute atomic E-state index is 0. The minimum Gasteiger partial charge on any atom is -0.744 e. The van der Waals surface area contributed by atoms with E-state index in [1.807, 2.05) is 18.2 Å². The van der Waals surface area contributed by atoms with Gasteiger partial charge in [0.05, 0.1) is 9.79 Å². The zero-order valence-corrected chi connectivity index (χ0v) is 22.2. The van der Waals surface area contributed by atoms with E-state index in [4.69, 9.17) is 0 Å². The molecule has 0 aromatic heterocycles. The summed E-state index contributed by atoms with van der Waals surface area (Å²) in [6, 6.07) is 20.3. The van der Waals surface area contributed by atoms with Gasteiger partial charge in [0.15, 0.2) is 0 Å². The summed E-state index contributed by atoms with van der Waals surface area (Å²) in [4.78, 5) is -0.730. The van der Waals surface area contributed by atoms with Gasteiger partial charge < -0.3 is 9.11 Å². The summed E-state index contributed by atoms with van der Waals surface area (Å²) in [5.74, 6) is 0. The van der Waals surface area contributed by atoms with E-state index in [1.165, 1.54) is 36.4 Å². The Bertz CT molecular complexity index is 1110. The molecule has 0 heterocycles. The summed E-state index contributed by atoms with van der Waals surface area (Å²) in [5, 5.41) is 1.91. The average Bonchev–Trinajstić information content (AvgIpc) is 2.62. The summed E-state index contributed by atoms with van der Waals surface area (Å²) >= 11 is 0. The zero-order valence-electron chi connectivity index (χ0n) is 15.7. The third-order valence-electron chi connectivity index (χ3n) is 3.74. The van der Waals surface area contributed by atoms with Crippen LogP contribution in [-0.2, 0) is 20.2 Å². The van der Waals surface area contributed by atoms with Crippen molar-refractivity contribution in [3.05, 3.63) is 78.9 Å². The minimum atomic E-state index is -4.64. The fraction of sp³-hybridized carbons (Fsp3) is 0. The first-order chi connectivity index (χ1) is 12.7. The van der Waals surface area contributed by atoms with Gasteiger partial charge in [-0.3, -0.25) is 0 Å². The first kappa shape index (κ1) is 26.9. The Labute approximate surface area is 215 Å². The Morgan fingerprint density at radius 3 is 1.31 bits per heavy atom. The molecular formula is C18H13Na2O6PS2. The maximum Gasteiger partial charge on any atom is 1.00 e. The van der Waals surface area contributed by atoms with Crippen molar-refractivity contribution in [1.82, 2.24) is 0 Å². The largest absolute Gasteiger partial charge is 1.00 e. The van der Waals surface area contributed by atoms with E-state index in [9.17, 15) is 25.9 Å². The molecule has 0 amide bonds. The quantitative estimate of drug-likeness (QED) is 0.212. The van der Waals surface area contributed by atoms with Crippen molar-refractivity contribution in [2.45, 2.75) is 9.79 Å². The van der Waals surface area contributed by atoms with Gasteiger partial charge in [-0.1, -0.05) is 54.6 Å². The van der Waals surface area contributed by atoms with E-state index in [0.29, 0.717) is 10.6 Å². The fourth-order valence-electron chi connectivity index (χ4n) is 2.58. The molecule has 0 N–H and O–H groups in total.